The maximum Gasteiger partial charge on any atom is 0.261 e. The van der Waals surface area contributed by atoms with E-state index in [0.717, 1.165) is 28.8 Å². The third-order valence-corrected chi connectivity index (χ3v) is 5.41. The number of fused-ring (bicyclic) bond motifs is 1. The van der Waals surface area contributed by atoms with E-state index in [9.17, 15) is 27.2 Å². The van der Waals surface area contributed by atoms with Gasteiger partial charge in [0.15, 0.2) is 0 Å². The predicted molar refractivity (Wildman–Crippen MR) is 116 cm³/mol. The van der Waals surface area contributed by atoms with Crippen molar-refractivity contribution in [1.29, 1.82) is 0 Å². The topological polar surface area (TPSA) is 51.1 Å². The average Bonchev–Trinajstić information content (AvgIpc) is 2.77. The lowest BCUT2D eigenvalue weighted by Gasteiger charge is -2.18. The quantitative estimate of drug-likeness (QED) is 0.439. The largest absolute Gasteiger partial charge is 0.348 e. The van der Waals surface area contributed by atoms with Gasteiger partial charge in [0.1, 0.15) is 23.3 Å². The Labute approximate surface area is 186 Å². The Hall–Kier alpha value is -3.94. The van der Waals surface area contributed by atoms with Gasteiger partial charge >= 0.3 is 0 Å². The SMILES string of the molecule is Cc1c(C(=O)NCc2cccc(F)c2)c2cccc(F)c2c(=O)n1Cc1cc(F)ccc1F. The molecule has 0 spiro atoms. The fraction of sp³-hybridized carbons (Fsp3) is 0.120. The van der Waals surface area contributed by atoms with E-state index in [1.807, 2.05) is 0 Å². The third kappa shape index (κ3) is 4.37. The fourth-order valence-electron chi connectivity index (χ4n) is 3.80. The van der Waals surface area contributed by atoms with E-state index < -0.39 is 41.3 Å². The summed E-state index contributed by atoms with van der Waals surface area (Å²) in [5.41, 5.74) is -0.226. The summed E-state index contributed by atoms with van der Waals surface area (Å²) in [6.07, 6.45) is 0. The lowest BCUT2D eigenvalue weighted by molar-refractivity contribution is 0.0951. The molecule has 0 saturated carbocycles. The Morgan fingerprint density at radius 3 is 2.39 bits per heavy atom. The first-order valence-electron chi connectivity index (χ1n) is 10.0. The van der Waals surface area contributed by atoms with Crippen LogP contribution in [0.5, 0.6) is 0 Å². The molecule has 0 aliphatic heterocycles. The summed E-state index contributed by atoms with van der Waals surface area (Å²) in [6.45, 7) is 1.06. The number of nitrogens with one attached hydrogen (secondary N) is 1. The molecule has 0 aliphatic carbocycles. The predicted octanol–water partition coefficient (Wildman–Crippen LogP) is 4.84. The van der Waals surface area contributed by atoms with Gasteiger partial charge in [-0.05, 0) is 48.9 Å². The van der Waals surface area contributed by atoms with Crippen molar-refractivity contribution >= 4 is 16.7 Å². The Bertz CT molecular complexity index is 1450. The van der Waals surface area contributed by atoms with Crippen molar-refractivity contribution in [1.82, 2.24) is 9.88 Å². The van der Waals surface area contributed by atoms with E-state index in [2.05, 4.69) is 5.32 Å². The van der Waals surface area contributed by atoms with E-state index in [1.165, 1.54) is 37.3 Å². The van der Waals surface area contributed by atoms with Crippen molar-refractivity contribution in [2.75, 3.05) is 0 Å². The molecule has 0 fully saturated rings. The number of pyridine rings is 1. The number of carbonyl (C=O) groups is 1. The smallest absolute Gasteiger partial charge is 0.261 e. The first-order chi connectivity index (χ1) is 15.8. The van der Waals surface area contributed by atoms with E-state index >= 15 is 0 Å². The van der Waals surface area contributed by atoms with Crippen LogP contribution in [-0.4, -0.2) is 10.5 Å². The highest BCUT2D eigenvalue weighted by atomic mass is 19.1. The molecule has 0 radical (unpaired) electrons. The van der Waals surface area contributed by atoms with Crippen molar-refractivity contribution in [2.24, 2.45) is 0 Å². The molecule has 1 aromatic heterocycles. The number of carbonyl (C=O) groups excluding carboxylic acids is 1. The van der Waals surface area contributed by atoms with Gasteiger partial charge in [-0.2, -0.15) is 0 Å². The van der Waals surface area contributed by atoms with Crippen molar-refractivity contribution < 1.29 is 22.4 Å². The molecule has 4 aromatic rings. The van der Waals surface area contributed by atoms with Gasteiger partial charge in [0, 0.05) is 23.2 Å². The molecule has 1 amide bonds. The van der Waals surface area contributed by atoms with Gasteiger partial charge in [-0.3, -0.25) is 9.59 Å². The van der Waals surface area contributed by atoms with Crippen LogP contribution in [0, 0.1) is 30.2 Å². The van der Waals surface area contributed by atoms with Gasteiger partial charge in [0.25, 0.3) is 11.5 Å². The summed E-state index contributed by atoms with van der Waals surface area (Å²) in [5.74, 6) is -3.37. The highest BCUT2D eigenvalue weighted by Gasteiger charge is 2.22. The van der Waals surface area contributed by atoms with E-state index in [-0.39, 0.29) is 34.1 Å². The van der Waals surface area contributed by atoms with Gasteiger partial charge in [0.2, 0.25) is 0 Å². The zero-order chi connectivity index (χ0) is 23.7. The Morgan fingerprint density at radius 1 is 0.909 bits per heavy atom. The third-order valence-electron chi connectivity index (χ3n) is 5.41. The number of benzene rings is 3. The Morgan fingerprint density at radius 2 is 1.64 bits per heavy atom. The molecule has 8 heteroatoms. The number of hydrogen-bond acceptors (Lipinski definition) is 2. The van der Waals surface area contributed by atoms with Gasteiger partial charge < -0.3 is 9.88 Å². The molecular formula is C25H18F4N2O2. The normalized spacial score (nSPS) is 11.1. The minimum absolute atomic E-state index is 0.00943. The van der Waals surface area contributed by atoms with Crippen LogP contribution in [-0.2, 0) is 13.1 Å². The lowest BCUT2D eigenvalue weighted by Crippen LogP contribution is -2.31. The van der Waals surface area contributed by atoms with Gasteiger partial charge in [0.05, 0.1) is 17.5 Å². The molecule has 4 nitrogen and oxygen atoms in total. The molecule has 0 aliphatic rings. The first kappa shape index (κ1) is 22.3. The van der Waals surface area contributed by atoms with Crippen LogP contribution in [0.1, 0.15) is 27.2 Å². The van der Waals surface area contributed by atoms with Gasteiger partial charge in [-0.15, -0.1) is 0 Å². The molecule has 0 saturated heterocycles. The van der Waals surface area contributed by atoms with Crippen LogP contribution in [0.2, 0.25) is 0 Å². The number of halogens is 4. The van der Waals surface area contributed by atoms with Crippen LogP contribution < -0.4 is 10.9 Å². The molecule has 3 aromatic carbocycles. The maximum atomic E-state index is 14.7. The van der Waals surface area contributed by atoms with Crippen molar-refractivity contribution in [3.8, 4) is 0 Å². The standard InChI is InChI=1S/C25H18F4N2O2/c1-14-22(24(32)30-12-15-4-2-5-17(26)10-15)19-6-3-7-21(29)23(19)25(33)31(14)13-16-11-18(27)8-9-20(16)28/h2-11H,12-13H2,1H3,(H,30,32). The number of rotatable bonds is 5. The highest BCUT2D eigenvalue weighted by Crippen LogP contribution is 2.23. The van der Waals surface area contributed by atoms with E-state index in [0.29, 0.717) is 5.56 Å². The minimum Gasteiger partial charge on any atom is -0.348 e. The van der Waals surface area contributed by atoms with Crippen molar-refractivity contribution in [3.05, 3.63) is 117 Å². The molecule has 33 heavy (non-hydrogen) atoms. The van der Waals surface area contributed by atoms with Crippen LogP contribution in [0.25, 0.3) is 10.8 Å². The summed E-state index contributed by atoms with van der Waals surface area (Å²) >= 11 is 0. The second-order valence-corrected chi connectivity index (χ2v) is 7.56. The summed E-state index contributed by atoms with van der Waals surface area (Å²) in [4.78, 5) is 26.2. The van der Waals surface area contributed by atoms with E-state index in [4.69, 9.17) is 0 Å². The number of aromatic nitrogens is 1. The summed E-state index contributed by atoms with van der Waals surface area (Å²) < 4.78 is 57.1. The summed E-state index contributed by atoms with van der Waals surface area (Å²) in [5, 5.41) is 2.40. The fourth-order valence-corrected chi connectivity index (χ4v) is 3.80. The van der Waals surface area contributed by atoms with Crippen LogP contribution >= 0.6 is 0 Å². The second kappa shape index (κ2) is 8.90. The molecule has 4 rings (SSSR count). The molecule has 168 valence electrons. The number of amides is 1. The molecule has 0 bridgehead atoms. The van der Waals surface area contributed by atoms with Crippen molar-refractivity contribution in [3.63, 3.8) is 0 Å². The Kier molecular flexibility index (Phi) is 6.00. The summed E-state index contributed by atoms with van der Waals surface area (Å²) in [6, 6.07) is 12.4. The monoisotopic (exact) mass is 454 g/mol. The molecule has 1 heterocycles. The highest BCUT2D eigenvalue weighted by molar-refractivity contribution is 6.07. The Balaban J connectivity index is 1.83. The van der Waals surface area contributed by atoms with Crippen LogP contribution in [0.3, 0.4) is 0 Å². The number of nitrogens with zero attached hydrogens (tertiary/aromatic N) is 1. The molecule has 0 unspecified atom stereocenters. The van der Waals surface area contributed by atoms with E-state index in [1.54, 1.807) is 6.07 Å². The number of hydrogen-bond donors (Lipinski definition) is 1. The molecule has 1 N–H and O–H groups in total. The van der Waals surface area contributed by atoms with Gasteiger partial charge in [-0.25, -0.2) is 17.6 Å². The minimum atomic E-state index is -0.842. The lowest BCUT2D eigenvalue weighted by atomic mass is 10.0. The first-order valence-corrected chi connectivity index (χ1v) is 10.0. The zero-order valence-corrected chi connectivity index (χ0v) is 17.5. The van der Waals surface area contributed by atoms with Crippen molar-refractivity contribution in [2.45, 2.75) is 20.0 Å². The molecule has 0 atom stereocenters. The van der Waals surface area contributed by atoms with Gasteiger partial charge in [-0.1, -0.05) is 24.3 Å². The molecular weight excluding hydrogens is 436 g/mol. The van der Waals surface area contributed by atoms with Crippen LogP contribution in [0.4, 0.5) is 17.6 Å². The average molecular weight is 454 g/mol. The second-order valence-electron chi connectivity index (χ2n) is 7.56. The maximum absolute atomic E-state index is 14.7. The van der Waals surface area contributed by atoms with Crippen LogP contribution in [0.15, 0.2) is 65.5 Å². The zero-order valence-electron chi connectivity index (χ0n) is 17.5. The summed E-state index contributed by atoms with van der Waals surface area (Å²) in [7, 11) is 0.